The third-order valence-corrected chi connectivity index (χ3v) is 7.19. The molecule has 0 atom stereocenters. The second-order valence-electron chi connectivity index (χ2n) is 9.92. The zero-order valence-electron chi connectivity index (χ0n) is 21.0. The minimum atomic E-state index is -1.11. The quantitative estimate of drug-likeness (QED) is 0.398. The van der Waals surface area contributed by atoms with Crippen molar-refractivity contribution in [2.45, 2.75) is 44.3 Å². The monoisotopic (exact) mass is 520 g/mol. The molecule has 198 valence electrons. The predicted octanol–water partition coefficient (Wildman–Crippen LogP) is 0.0631. The maximum absolute atomic E-state index is 13.2. The smallest absolute Gasteiger partial charge is 0.311 e. The standard InChI is InChI=1S/C25H28N8O5/c1-31(2)23(38)21(36)30-25-8-6-15(7-9-25)12-32-22(37)19(34)18(29-24(25)32)20(35)27-11-16-4-3-5-17(10-16)33-14-26-13-28-33/h3-5,10,13-15,34H,6-9,11-12H2,1-2H3,(H,27,35)(H,30,36). The Kier molecular flexibility index (Phi) is 6.43. The fraction of sp³-hybridized carbons (Fsp3) is 0.400. The molecule has 6 rings (SSSR count). The SMILES string of the molecule is CN(C)C(=O)C(=O)NC12CCC(CC1)Cn1c2nc(C(=O)NCc2cccc(-n3cncn3)c2)c(O)c1=O. The molecule has 1 saturated carbocycles. The fourth-order valence-corrected chi connectivity index (χ4v) is 5.14. The van der Waals surface area contributed by atoms with Crippen LogP contribution in [0.1, 0.15) is 47.6 Å². The lowest BCUT2D eigenvalue weighted by Crippen LogP contribution is -2.53. The van der Waals surface area contributed by atoms with Gasteiger partial charge >= 0.3 is 11.8 Å². The van der Waals surface area contributed by atoms with Crippen molar-refractivity contribution in [3.05, 3.63) is 64.4 Å². The van der Waals surface area contributed by atoms with E-state index in [0.29, 0.717) is 32.2 Å². The third kappa shape index (κ3) is 4.51. The van der Waals surface area contributed by atoms with Crippen LogP contribution in [0.3, 0.4) is 0 Å². The van der Waals surface area contributed by atoms with E-state index in [1.165, 1.54) is 29.9 Å². The van der Waals surface area contributed by atoms with Gasteiger partial charge in [0.2, 0.25) is 5.75 Å². The Morgan fingerprint density at radius 1 is 1.21 bits per heavy atom. The molecule has 0 radical (unpaired) electrons. The number of rotatable bonds is 5. The van der Waals surface area contributed by atoms with Crippen molar-refractivity contribution in [3.8, 4) is 11.4 Å². The molecule has 0 unspecified atom stereocenters. The molecular weight excluding hydrogens is 492 g/mol. The van der Waals surface area contributed by atoms with Gasteiger partial charge in [-0.05, 0) is 49.3 Å². The highest BCUT2D eigenvalue weighted by Gasteiger charge is 2.46. The van der Waals surface area contributed by atoms with Gasteiger partial charge in [-0.25, -0.2) is 14.6 Å². The molecule has 1 fully saturated rings. The van der Waals surface area contributed by atoms with Crippen molar-refractivity contribution in [1.29, 1.82) is 0 Å². The maximum atomic E-state index is 13.2. The first-order chi connectivity index (χ1) is 18.2. The number of benzene rings is 1. The van der Waals surface area contributed by atoms with Crippen LogP contribution in [0.4, 0.5) is 0 Å². The molecular formula is C25H28N8O5. The van der Waals surface area contributed by atoms with Crippen LogP contribution >= 0.6 is 0 Å². The van der Waals surface area contributed by atoms with Gasteiger partial charge in [-0.3, -0.25) is 23.7 Å². The highest BCUT2D eigenvalue weighted by atomic mass is 16.3. The highest BCUT2D eigenvalue weighted by molar-refractivity contribution is 6.35. The van der Waals surface area contributed by atoms with Gasteiger partial charge < -0.3 is 20.6 Å². The van der Waals surface area contributed by atoms with E-state index in [1.54, 1.807) is 17.1 Å². The van der Waals surface area contributed by atoms with Crippen LogP contribution in [0, 0.1) is 5.92 Å². The minimum absolute atomic E-state index is 0.0994. The summed E-state index contributed by atoms with van der Waals surface area (Å²) in [4.78, 5) is 61.0. The molecule has 1 aromatic carbocycles. The number of fused-ring (bicyclic) bond motifs is 2. The Labute approximate surface area is 217 Å². The van der Waals surface area contributed by atoms with Gasteiger partial charge in [-0.1, -0.05) is 12.1 Å². The van der Waals surface area contributed by atoms with E-state index in [2.05, 4.69) is 25.7 Å². The molecule has 2 aliphatic heterocycles. The summed E-state index contributed by atoms with van der Waals surface area (Å²) in [5, 5.41) is 20.3. The Bertz CT molecular complexity index is 1450. The van der Waals surface area contributed by atoms with E-state index in [1.807, 2.05) is 18.2 Å². The average Bonchev–Trinajstić information content (AvgIpc) is 3.36. The number of nitrogens with one attached hydrogen (secondary N) is 2. The molecule has 0 saturated heterocycles. The molecule has 2 aromatic heterocycles. The van der Waals surface area contributed by atoms with E-state index < -0.39 is 40.3 Å². The van der Waals surface area contributed by atoms with Gasteiger partial charge in [0.05, 0.1) is 11.2 Å². The number of carbonyl (C=O) groups is 3. The number of aromatic hydroxyl groups is 1. The van der Waals surface area contributed by atoms with Gasteiger partial charge in [0.25, 0.3) is 11.5 Å². The van der Waals surface area contributed by atoms with Crippen LogP contribution in [-0.2, 0) is 28.2 Å². The van der Waals surface area contributed by atoms with Gasteiger partial charge in [0.15, 0.2) is 5.69 Å². The third-order valence-electron chi connectivity index (χ3n) is 7.19. The number of hydrogen-bond donors (Lipinski definition) is 3. The molecule has 13 heteroatoms. The molecule has 0 spiro atoms. The van der Waals surface area contributed by atoms with E-state index in [0.717, 1.165) is 11.3 Å². The Morgan fingerprint density at radius 3 is 2.66 bits per heavy atom. The van der Waals surface area contributed by atoms with Crippen molar-refractivity contribution in [1.82, 2.24) is 39.8 Å². The largest absolute Gasteiger partial charge is 0.501 e. The molecule has 4 heterocycles. The van der Waals surface area contributed by atoms with Crippen LogP contribution in [0.25, 0.3) is 5.69 Å². The Morgan fingerprint density at radius 2 is 1.97 bits per heavy atom. The van der Waals surface area contributed by atoms with E-state index in [-0.39, 0.29) is 18.3 Å². The van der Waals surface area contributed by atoms with Gasteiger partial charge in [0.1, 0.15) is 18.5 Å². The summed E-state index contributed by atoms with van der Waals surface area (Å²) in [6.45, 7) is 0.410. The molecule has 13 nitrogen and oxygen atoms in total. The first kappa shape index (κ1) is 25.1. The van der Waals surface area contributed by atoms with E-state index >= 15 is 0 Å². The number of carbonyl (C=O) groups excluding carboxylic acids is 3. The highest BCUT2D eigenvalue weighted by Crippen LogP contribution is 2.42. The molecule has 3 amide bonds. The second-order valence-corrected chi connectivity index (χ2v) is 9.92. The summed E-state index contributed by atoms with van der Waals surface area (Å²) in [7, 11) is 2.95. The molecule has 1 aliphatic carbocycles. The van der Waals surface area contributed by atoms with E-state index in [4.69, 9.17) is 0 Å². The summed E-state index contributed by atoms with van der Waals surface area (Å²) < 4.78 is 2.91. The predicted molar refractivity (Wildman–Crippen MR) is 133 cm³/mol. The van der Waals surface area contributed by atoms with Crippen LogP contribution in [0.5, 0.6) is 5.75 Å². The first-order valence-electron chi connectivity index (χ1n) is 12.3. The van der Waals surface area contributed by atoms with Crippen molar-refractivity contribution < 1.29 is 19.5 Å². The average molecular weight is 521 g/mol. The molecule has 38 heavy (non-hydrogen) atoms. The van der Waals surface area contributed by atoms with Gasteiger partial charge in [0, 0.05) is 27.2 Å². The summed E-state index contributed by atoms with van der Waals surface area (Å²) in [5.74, 6) is -2.71. The van der Waals surface area contributed by atoms with Gasteiger partial charge in [-0.15, -0.1) is 0 Å². The Hall–Kier alpha value is -4.55. The van der Waals surface area contributed by atoms with Crippen molar-refractivity contribution in [2.75, 3.05) is 14.1 Å². The lowest BCUT2D eigenvalue weighted by atomic mass is 9.77. The van der Waals surface area contributed by atoms with Crippen molar-refractivity contribution in [2.24, 2.45) is 5.92 Å². The fourth-order valence-electron chi connectivity index (χ4n) is 5.14. The lowest BCUT2D eigenvalue weighted by Gasteiger charge is -2.37. The molecule has 3 N–H and O–H groups in total. The summed E-state index contributed by atoms with van der Waals surface area (Å²) in [6.07, 6.45) is 5.27. The summed E-state index contributed by atoms with van der Waals surface area (Å²) in [6, 6.07) is 7.27. The van der Waals surface area contributed by atoms with E-state index in [9.17, 15) is 24.3 Å². The zero-order valence-corrected chi connectivity index (χ0v) is 21.0. The second kappa shape index (κ2) is 9.72. The number of aromatic nitrogens is 5. The van der Waals surface area contributed by atoms with Crippen LogP contribution in [0.15, 0.2) is 41.7 Å². The molecule has 3 aliphatic rings. The minimum Gasteiger partial charge on any atom is -0.501 e. The van der Waals surface area contributed by atoms with Crippen molar-refractivity contribution in [3.63, 3.8) is 0 Å². The molecule has 2 bridgehead atoms. The lowest BCUT2D eigenvalue weighted by molar-refractivity contribution is -0.145. The Balaban J connectivity index is 1.45. The first-order valence-corrected chi connectivity index (χ1v) is 12.3. The zero-order chi connectivity index (χ0) is 27.0. The van der Waals surface area contributed by atoms with Crippen molar-refractivity contribution >= 4 is 17.7 Å². The summed E-state index contributed by atoms with van der Waals surface area (Å²) in [5.41, 5.74) is -0.781. The van der Waals surface area contributed by atoms with Crippen LogP contribution in [0.2, 0.25) is 0 Å². The summed E-state index contributed by atoms with van der Waals surface area (Å²) >= 11 is 0. The normalized spacial score (nSPS) is 19.8. The molecule has 3 aromatic rings. The number of hydrogen-bond acceptors (Lipinski definition) is 8. The maximum Gasteiger partial charge on any atom is 0.311 e. The number of nitrogens with zero attached hydrogens (tertiary/aromatic N) is 6. The van der Waals surface area contributed by atoms with Gasteiger partial charge in [-0.2, -0.15) is 5.10 Å². The van der Waals surface area contributed by atoms with Crippen LogP contribution < -0.4 is 16.2 Å². The van der Waals surface area contributed by atoms with Crippen LogP contribution in [-0.4, -0.2) is 66.1 Å². The number of amides is 3. The topological polar surface area (TPSA) is 164 Å². The number of likely N-dealkylation sites (N-methyl/N-ethyl adjacent to an activating group) is 1.